The van der Waals surface area contributed by atoms with Crippen molar-refractivity contribution in [1.82, 2.24) is 4.98 Å². The highest BCUT2D eigenvalue weighted by atomic mass is 32.2. The van der Waals surface area contributed by atoms with Gasteiger partial charge in [-0.05, 0) is 30.3 Å². The van der Waals surface area contributed by atoms with Gasteiger partial charge in [0.2, 0.25) is 0 Å². The largest absolute Gasteiger partial charge is 0.403 e. The molecule has 0 saturated carbocycles. The summed E-state index contributed by atoms with van der Waals surface area (Å²) in [4.78, 5) is 15.3. The maximum Gasteiger partial charge on any atom is 0.403 e. The van der Waals surface area contributed by atoms with E-state index in [4.69, 9.17) is 0 Å². The van der Waals surface area contributed by atoms with E-state index in [-0.39, 0.29) is 11.4 Å². The quantitative estimate of drug-likeness (QED) is 0.925. The normalized spacial score (nSPS) is 12.0. The van der Waals surface area contributed by atoms with Crippen molar-refractivity contribution in [1.29, 1.82) is 0 Å². The van der Waals surface area contributed by atoms with Gasteiger partial charge in [-0.3, -0.25) is 4.79 Å². The van der Waals surface area contributed by atoms with Gasteiger partial charge in [0.1, 0.15) is 5.82 Å². The van der Waals surface area contributed by atoms with Gasteiger partial charge in [0.15, 0.2) is 15.6 Å². The number of pyridine rings is 1. The molecule has 0 fully saturated rings. The van der Waals surface area contributed by atoms with Crippen LogP contribution in [0.2, 0.25) is 0 Å². The number of benzene rings is 1. The molecule has 1 aromatic heterocycles. The van der Waals surface area contributed by atoms with Crippen LogP contribution < -0.4 is 5.32 Å². The maximum absolute atomic E-state index is 12.3. The Morgan fingerprint density at radius 3 is 2.48 bits per heavy atom. The summed E-state index contributed by atoms with van der Waals surface area (Å²) in [5, 5.41) is 2.42. The number of nitrogens with one attached hydrogen (secondary N) is 1. The molecule has 2 aromatic rings. The topological polar surface area (TPSA) is 76.1 Å². The maximum atomic E-state index is 12.3. The standard InChI is InChI=1S/C14H11F3N2O3S/c15-14(16,17)9-23(21,22)11-5-3-4-10(8-11)13(20)19-12-6-1-2-7-18-12/h1-8H,9H2,(H,18,19,20). The summed E-state index contributed by atoms with van der Waals surface area (Å²) in [5.41, 5.74) is -0.0843. The number of anilines is 1. The van der Waals surface area contributed by atoms with Crippen molar-refractivity contribution < 1.29 is 26.4 Å². The molecule has 0 unspecified atom stereocenters. The summed E-state index contributed by atoms with van der Waals surface area (Å²) in [6.07, 6.45) is -3.41. The average molecular weight is 344 g/mol. The zero-order valence-electron chi connectivity index (χ0n) is 11.5. The van der Waals surface area contributed by atoms with Crippen LogP contribution >= 0.6 is 0 Å². The summed E-state index contributed by atoms with van der Waals surface area (Å²) in [5.74, 6) is -2.42. The number of hydrogen-bond donors (Lipinski definition) is 1. The Balaban J connectivity index is 2.24. The first kappa shape index (κ1) is 16.9. The summed E-state index contributed by atoms with van der Waals surface area (Å²) < 4.78 is 60.4. The molecule has 5 nitrogen and oxygen atoms in total. The summed E-state index contributed by atoms with van der Waals surface area (Å²) in [7, 11) is -4.57. The van der Waals surface area contributed by atoms with Crippen LogP contribution in [-0.2, 0) is 9.84 Å². The van der Waals surface area contributed by atoms with Gasteiger partial charge >= 0.3 is 6.18 Å². The molecular weight excluding hydrogens is 333 g/mol. The van der Waals surface area contributed by atoms with Gasteiger partial charge in [-0.2, -0.15) is 13.2 Å². The molecule has 23 heavy (non-hydrogen) atoms. The van der Waals surface area contributed by atoms with Gasteiger partial charge < -0.3 is 5.32 Å². The first-order valence-corrected chi connectivity index (χ1v) is 7.94. The lowest BCUT2D eigenvalue weighted by atomic mass is 10.2. The Hall–Kier alpha value is -2.42. The molecule has 1 amide bonds. The molecule has 0 saturated heterocycles. The third kappa shape index (κ3) is 4.78. The van der Waals surface area contributed by atoms with Gasteiger partial charge in [0.25, 0.3) is 5.91 Å². The molecule has 122 valence electrons. The number of sulfone groups is 1. The number of carbonyl (C=O) groups is 1. The minimum Gasteiger partial charge on any atom is -0.307 e. The predicted molar refractivity (Wildman–Crippen MR) is 76.7 cm³/mol. The van der Waals surface area contributed by atoms with E-state index < -0.39 is 32.6 Å². The number of carbonyl (C=O) groups excluding carboxylic acids is 1. The van der Waals surface area contributed by atoms with Crippen LogP contribution in [0.4, 0.5) is 19.0 Å². The van der Waals surface area contributed by atoms with Crippen molar-refractivity contribution >= 4 is 21.6 Å². The number of amides is 1. The average Bonchev–Trinajstić information content (AvgIpc) is 2.46. The third-order valence-corrected chi connectivity index (χ3v) is 4.40. The van der Waals surface area contributed by atoms with E-state index in [2.05, 4.69) is 10.3 Å². The van der Waals surface area contributed by atoms with Gasteiger partial charge in [-0.25, -0.2) is 13.4 Å². The number of alkyl halides is 3. The molecule has 0 radical (unpaired) electrons. The Morgan fingerprint density at radius 2 is 1.87 bits per heavy atom. The van der Waals surface area contributed by atoms with Crippen LogP contribution in [0.25, 0.3) is 0 Å². The van der Waals surface area contributed by atoms with Crippen molar-refractivity contribution in [3.8, 4) is 0 Å². The van der Waals surface area contributed by atoms with Gasteiger partial charge in [-0.15, -0.1) is 0 Å². The molecule has 1 heterocycles. The molecule has 0 atom stereocenters. The van der Waals surface area contributed by atoms with Crippen LogP contribution in [0.1, 0.15) is 10.4 Å². The van der Waals surface area contributed by atoms with E-state index in [1.807, 2.05) is 0 Å². The van der Waals surface area contributed by atoms with Crippen LogP contribution in [-0.4, -0.2) is 31.2 Å². The Morgan fingerprint density at radius 1 is 1.13 bits per heavy atom. The number of rotatable bonds is 4. The molecular formula is C14H11F3N2O3S. The minimum absolute atomic E-state index is 0.0843. The van der Waals surface area contributed by atoms with Gasteiger partial charge in [0, 0.05) is 11.8 Å². The number of aromatic nitrogens is 1. The third-order valence-electron chi connectivity index (χ3n) is 2.72. The molecule has 0 aliphatic rings. The van der Waals surface area contributed by atoms with Gasteiger partial charge in [0.05, 0.1) is 4.90 Å². The fourth-order valence-electron chi connectivity index (χ4n) is 1.75. The number of halogens is 3. The Bertz CT molecular complexity index is 806. The molecule has 0 aliphatic heterocycles. The summed E-state index contributed by atoms with van der Waals surface area (Å²) in [6, 6.07) is 9.20. The molecule has 1 aromatic carbocycles. The fourth-order valence-corrected chi connectivity index (χ4v) is 2.94. The molecule has 1 N–H and O–H groups in total. The van der Waals surface area contributed by atoms with Crippen molar-refractivity contribution in [2.45, 2.75) is 11.1 Å². The van der Waals surface area contributed by atoms with Crippen LogP contribution in [0.15, 0.2) is 53.6 Å². The molecule has 9 heteroatoms. The van der Waals surface area contributed by atoms with E-state index in [0.29, 0.717) is 0 Å². The molecule has 0 spiro atoms. The van der Waals surface area contributed by atoms with E-state index in [9.17, 15) is 26.4 Å². The summed E-state index contributed by atoms with van der Waals surface area (Å²) in [6.45, 7) is 0. The lowest BCUT2D eigenvalue weighted by molar-refractivity contribution is -0.106. The van der Waals surface area contributed by atoms with Crippen molar-refractivity contribution in [3.05, 3.63) is 54.2 Å². The second-order valence-electron chi connectivity index (χ2n) is 4.57. The van der Waals surface area contributed by atoms with E-state index in [1.165, 1.54) is 24.4 Å². The van der Waals surface area contributed by atoms with E-state index >= 15 is 0 Å². The van der Waals surface area contributed by atoms with Crippen LogP contribution in [0.5, 0.6) is 0 Å². The lowest BCUT2D eigenvalue weighted by Gasteiger charge is -2.09. The van der Waals surface area contributed by atoms with Gasteiger partial charge in [-0.1, -0.05) is 12.1 Å². The monoisotopic (exact) mass is 344 g/mol. The van der Waals surface area contributed by atoms with Crippen molar-refractivity contribution in [2.24, 2.45) is 0 Å². The highest BCUT2D eigenvalue weighted by molar-refractivity contribution is 7.91. The molecule has 2 rings (SSSR count). The first-order valence-electron chi connectivity index (χ1n) is 6.29. The van der Waals surface area contributed by atoms with Crippen LogP contribution in [0.3, 0.4) is 0 Å². The first-order chi connectivity index (χ1) is 10.7. The van der Waals surface area contributed by atoms with E-state index in [0.717, 1.165) is 12.1 Å². The smallest absolute Gasteiger partial charge is 0.307 e. The molecule has 0 aliphatic carbocycles. The Kier molecular flexibility index (Phi) is 4.69. The lowest BCUT2D eigenvalue weighted by Crippen LogP contribution is -2.23. The van der Waals surface area contributed by atoms with Crippen molar-refractivity contribution in [3.63, 3.8) is 0 Å². The summed E-state index contributed by atoms with van der Waals surface area (Å²) >= 11 is 0. The predicted octanol–water partition coefficient (Wildman–Crippen LogP) is 2.67. The number of hydrogen-bond acceptors (Lipinski definition) is 4. The van der Waals surface area contributed by atoms with Crippen LogP contribution in [0, 0.1) is 0 Å². The van der Waals surface area contributed by atoms with Crippen molar-refractivity contribution in [2.75, 3.05) is 11.1 Å². The Labute approximate surface area is 130 Å². The minimum atomic E-state index is -4.86. The fraction of sp³-hybridized carbons (Fsp3) is 0.143. The molecule has 0 bridgehead atoms. The SMILES string of the molecule is O=C(Nc1ccccn1)c1cccc(S(=O)(=O)CC(F)(F)F)c1. The van der Waals surface area contributed by atoms with E-state index in [1.54, 1.807) is 12.1 Å². The number of nitrogens with zero attached hydrogens (tertiary/aromatic N) is 1. The second-order valence-corrected chi connectivity index (χ2v) is 6.56. The zero-order valence-corrected chi connectivity index (χ0v) is 12.4. The highest BCUT2D eigenvalue weighted by Crippen LogP contribution is 2.23. The second kappa shape index (κ2) is 6.37. The highest BCUT2D eigenvalue weighted by Gasteiger charge is 2.36. The zero-order chi connectivity index (χ0) is 17.1.